The third kappa shape index (κ3) is 2.21. The van der Waals surface area contributed by atoms with Crippen molar-refractivity contribution in [2.75, 3.05) is 18.5 Å². The van der Waals surface area contributed by atoms with Gasteiger partial charge in [-0.2, -0.15) is 0 Å². The van der Waals surface area contributed by atoms with Crippen LogP contribution in [0.2, 0.25) is 0 Å². The lowest BCUT2D eigenvalue weighted by atomic mass is 9.85. The summed E-state index contributed by atoms with van der Waals surface area (Å²) < 4.78 is 5.47. The molecule has 1 amide bonds. The molecule has 1 aromatic rings. The quantitative estimate of drug-likeness (QED) is 0.874. The number of carbonyl (C=O) groups is 1. The number of hydrogen-bond acceptors (Lipinski definition) is 3. The molecule has 3 N–H and O–H groups in total. The molecule has 1 aliphatic heterocycles. The molecule has 1 aromatic carbocycles. The number of anilines is 1. The van der Waals surface area contributed by atoms with Crippen LogP contribution >= 0.6 is 0 Å². The molecule has 0 spiro atoms. The van der Waals surface area contributed by atoms with E-state index in [4.69, 9.17) is 10.5 Å². The summed E-state index contributed by atoms with van der Waals surface area (Å²) in [5.74, 6) is 1.01. The van der Waals surface area contributed by atoms with Crippen molar-refractivity contribution >= 4 is 11.6 Å². The van der Waals surface area contributed by atoms with Crippen molar-refractivity contribution in [2.45, 2.75) is 32.1 Å². The van der Waals surface area contributed by atoms with E-state index in [0.717, 1.165) is 50.1 Å². The number of rotatable bonds is 3. The standard InChI is InChI=1S/C15H20N2O2/c16-10-15(6-1-2-7-15)14(18)17-12-3-4-13-11(9-12)5-8-19-13/h3-4,9H,1-2,5-8,10,16H2,(H,17,18). The smallest absolute Gasteiger partial charge is 0.231 e. The number of nitrogens with two attached hydrogens (primary N) is 1. The van der Waals surface area contributed by atoms with Gasteiger partial charge in [0.05, 0.1) is 12.0 Å². The van der Waals surface area contributed by atoms with Crippen molar-refractivity contribution in [3.05, 3.63) is 23.8 Å². The highest BCUT2D eigenvalue weighted by Crippen LogP contribution is 2.38. The molecule has 0 saturated heterocycles. The Bertz CT molecular complexity index is 493. The summed E-state index contributed by atoms with van der Waals surface area (Å²) >= 11 is 0. The number of nitrogens with one attached hydrogen (secondary N) is 1. The molecule has 0 aromatic heterocycles. The lowest BCUT2D eigenvalue weighted by Crippen LogP contribution is -2.40. The van der Waals surface area contributed by atoms with Crippen molar-refractivity contribution in [1.29, 1.82) is 0 Å². The van der Waals surface area contributed by atoms with Crippen LogP contribution in [0.15, 0.2) is 18.2 Å². The molecule has 0 bridgehead atoms. The van der Waals surface area contributed by atoms with Crippen LogP contribution in [-0.2, 0) is 11.2 Å². The van der Waals surface area contributed by atoms with Gasteiger partial charge in [-0.15, -0.1) is 0 Å². The highest BCUT2D eigenvalue weighted by Gasteiger charge is 2.39. The van der Waals surface area contributed by atoms with Gasteiger partial charge in [-0.3, -0.25) is 4.79 Å². The van der Waals surface area contributed by atoms with Gasteiger partial charge in [0.15, 0.2) is 0 Å². The van der Waals surface area contributed by atoms with Crippen LogP contribution in [0.4, 0.5) is 5.69 Å². The van der Waals surface area contributed by atoms with Gasteiger partial charge in [0.1, 0.15) is 5.75 Å². The summed E-state index contributed by atoms with van der Waals surface area (Å²) in [4.78, 5) is 12.4. The number of amides is 1. The maximum atomic E-state index is 12.4. The Balaban J connectivity index is 1.76. The molecule has 102 valence electrons. The molecule has 0 unspecified atom stereocenters. The largest absolute Gasteiger partial charge is 0.493 e. The first-order valence-electron chi connectivity index (χ1n) is 7.01. The number of hydrogen-bond donors (Lipinski definition) is 2. The Morgan fingerprint density at radius 2 is 2.16 bits per heavy atom. The predicted molar refractivity (Wildman–Crippen MR) is 74.2 cm³/mol. The van der Waals surface area contributed by atoms with Gasteiger partial charge in [0.2, 0.25) is 5.91 Å². The molecular formula is C15H20N2O2. The molecule has 0 atom stereocenters. The second-order valence-corrected chi connectivity index (χ2v) is 5.57. The topological polar surface area (TPSA) is 64.4 Å². The number of fused-ring (bicyclic) bond motifs is 1. The zero-order chi connectivity index (χ0) is 13.3. The third-order valence-electron chi connectivity index (χ3n) is 4.38. The van der Waals surface area contributed by atoms with E-state index in [9.17, 15) is 4.79 Å². The molecule has 0 radical (unpaired) electrons. The van der Waals surface area contributed by atoms with E-state index < -0.39 is 0 Å². The van der Waals surface area contributed by atoms with Crippen molar-refractivity contribution in [2.24, 2.45) is 11.1 Å². The summed E-state index contributed by atoms with van der Waals surface area (Å²) in [5, 5.41) is 3.03. The lowest BCUT2D eigenvalue weighted by Gasteiger charge is -2.25. The first-order chi connectivity index (χ1) is 9.23. The lowest BCUT2D eigenvalue weighted by molar-refractivity contribution is -0.124. The summed E-state index contributed by atoms with van der Waals surface area (Å²) in [6.45, 7) is 1.17. The van der Waals surface area contributed by atoms with Gasteiger partial charge in [0.25, 0.3) is 0 Å². The van der Waals surface area contributed by atoms with E-state index >= 15 is 0 Å². The van der Waals surface area contributed by atoms with Gasteiger partial charge < -0.3 is 15.8 Å². The monoisotopic (exact) mass is 260 g/mol. The zero-order valence-electron chi connectivity index (χ0n) is 11.1. The Kier molecular flexibility index (Phi) is 3.19. The van der Waals surface area contributed by atoms with E-state index in [1.165, 1.54) is 5.56 Å². The molecule has 3 rings (SSSR count). The third-order valence-corrected chi connectivity index (χ3v) is 4.38. The first-order valence-corrected chi connectivity index (χ1v) is 7.01. The van der Waals surface area contributed by atoms with Gasteiger partial charge in [0, 0.05) is 18.7 Å². The minimum atomic E-state index is -0.352. The van der Waals surface area contributed by atoms with Gasteiger partial charge in [-0.25, -0.2) is 0 Å². The number of carbonyl (C=O) groups excluding carboxylic acids is 1. The normalized spacial score (nSPS) is 19.8. The fourth-order valence-corrected chi connectivity index (χ4v) is 3.10. The summed E-state index contributed by atoms with van der Waals surface area (Å²) in [6, 6.07) is 5.85. The van der Waals surface area contributed by atoms with Crippen LogP contribution in [0.25, 0.3) is 0 Å². The van der Waals surface area contributed by atoms with E-state index in [1.54, 1.807) is 0 Å². The maximum Gasteiger partial charge on any atom is 0.231 e. The van der Waals surface area contributed by atoms with Crippen LogP contribution in [0, 0.1) is 5.41 Å². The van der Waals surface area contributed by atoms with Gasteiger partial charge in [-0.05, 0) is 36.6 Å². The van der Waals surface area contributed by atoms with Crippen molar-refractivity contribution in [3.63, 3.8) is 0 Å². The fraction of sp³-hybridized carbons (Fsp3) is 0.533. The maximum absolute atomic E-state index is 12.4. The summed E-state index contributed by atoms with van der Waals surface area (Å²) in [6.07, 6.45) is 4.93. The molecule has 4 heteroatoms. The van der Waals surface area contributed by atoms with Crippen LogP contribution in [0.5, 0.6) is 5.75 Å². The van der Waals surface area contributed by atoms with Crippen LogP contribution < -0.4 is 15.8 Å². The highest BCUT2D eigenvalue weighted by atomic mass is 16.5. The Morgan fingerprint density at radius 3 is 2.89 bits per heavy atom. The van der Waals surface area contributed by atoms with Gasteiger partial charge in [-0.1, -0.05) is 12.8 Å². The molecular weight excluding hydrogens is 240 g/mol. The van der Waals surface area contributed by atoms with E-state index in [1.807, 2.05) is 18.2 Å². The summed E-state index contributed by atoms with van der Waals surface area (Å²) in [7, 11) is 0. The van der Waals surface area contributed by atoms with Crippen molar-refractivity contribution in [1.82, 2.24) is 0 Å². The molecule has 1 saturated carbocycles. The minimum Gasteiger partial charge on any atom is -0.493 e. The Hall–Kier alpha value is -1.55. The van der Waals surface area contributed by atoms with E-state index in [2.05, 4.69) is 5.32 Å². The van der Waals surface area contributed by atoms with Crippen LogP contribution in [0.1, 0.15) is 31.2 Å². The van der Waals surface area contributed by atoms with Crippen LogP contribution in [0.3, 0.4) is 0 Å². The molecule has 1 heterocycles. The SMILES string of the molecule is NCC1(C(=O)Nc2ccc3c(c2)CCO3)CCCC1. The molecule has 1 aliphatic carbocycles. The van der Waals surface area contributed by atoms with E-state index in [-0.39, 0.29) is 11.3 Å². The molecule has 19 heavy (non-hydrogen) atoms. The fourth-order valence-electron chi connectivity index (χ4n) is 3.10. The molecule has 2 aliphatic rings. The minimum absolute atomic E-state index is 0.0753. The predicted octanol–water partition coefficient (Wildman–Crippen LogP) is 2.08. The number of benzene rings is 1. The van der Waals surface area contributed by atoms with Crippen LogP contribution in [-0.4, -0.2) is 19.1 Å². The summed E-state index contributed by atoms with van der Waals surface area (Å²) in [5.41, 5.74) is 7.51. The average Bonchev–Trinajstić information content (AvgIpc) is 3.07. The molecule has 4 nitrogen and oxygen atoms in total. The molecule has 1 fully saturated rings. The number of ether oxygens (including phenoxy) is 1. The Labute approximate surface area is 113 Å². The van der Waals surface area contributed by atoms with Crippen molar-refractivity contribution < 1.29 is 9.53 Å². The highest BCUT2D eigenvalue weighted by molar-refractivity contribution is 5.95. The first kappa shape index (κ1) is 12.5. The second-order valence-electron chi connectivity index (χ2n) is 5.57. The van der Waals surface area contributed by atoms with Crippen molar-refractivity contribution in [3.8, 4) is 5.75 Å². The zero-order valence-corrected chi connectivity index (χ0v) is 11.1. The average molecular weight is 260 g/mol. The van der Waals surface area contributed by atoms with E-state index in [0.29, 0.717) is 6.54 Å². The van der Waals surface area contributed by atoms with Gasteiger partial charge >= 0.3 is 0 Å². The Morgan fingerprint density at radius 1 is 1.37 bits per heavy atom. The second kappa shape index (κ2) is 4.85.